The zero-order chi connectivity index (χ0) is 50.6. The Balaban J connectivity index is -0.00000994. The average molecular weight is 978 g/mol. The number of alkyl carbamates (subject to hydrolysis) is 1. The molecule has 1 amide bonds. The van der Waals surface area contributed by atoms with Crippen LogP contribution in [0.15, 0.2) is 0 Å². The molecule has 0 saturated heterocycles. The molecule has 398 valence electrons. The van der Waals surface area contributed by atoms with Gasteiger partial charge in [0.15, 0.2) is 18.3 Å². The van der Waals surface area contributed by atoms with Crippen molar-refractivity contribution in [3.8, 4) is 0 Å². The summed E-state index contributed by atoms with van der Waals surface area (Å²) in [5, 5.41) is 2.76. The maximum Gasteiger partial charge on any atom is 0.407 e. The second-order valence-corrected chi connectivity index (χ2v) is 17.9. The predicted octanol–water partition coefficient (Wildman–Crippen LogP) is 14.4. The van der Waals surface area contributed by atoms with Gasteiger partial charge >= 0.3 is 30.0 Å². The van der Waals surface area contributed by atoms with Crippen molar-refractivity contribution in [1.82, 2.24) is 10.2 Å². The highest BCUT2D eigenvalue weighted by atomic mass is 35.5. The number of alkyl halides is 1. The SMILES string of the molecule is CC.CCCCCCCCCC(=O)OCC(OC(=O)CCCCCCCCC)C(OC(=O)NCCCN(C)C)C(COC(=O)CCCCCCCCC)OC(=O)CCCCCCCCC.CCl. The van der Waals surface area contributed by atoms with E-state index in [0.717, 1.165) is 109 Å². The predicted molar refractivity (Wildman–Crippen MR) is 277 cm³/mol. The topological polar surface area (TPSA) is 147 Å². The van der Waals surface area contributed by atoms with Gasteiger partial charge in [-0.25, -0.2) is 4.79 Å². The molecule has 0 aromatic heterocycles. The molecule has 0 aromatic rings. The van der Waals surface area contributed by atoms with Crippen LogP contribution in [0.3, 0.4) is 0 Å². The minimum atomic E-state index is -1.44. The summed E-state index contributed by atoms with van der Waals surface area (Å²) in [6.07, 6.45) is 26.5. The summed E-state index contributed by atoms with van der Waals surface area (Å²) in [4.78, 5) is 68.7. The number of carbonyl (C=O) groups excluding carboxylic acids is 5. The van der Waals surface area contributed by atoms with Crippen molar-refractivity contribution in [2.24, 2.45) is 0 Å². The van der Waals surface area contributed by atoms with Gasteiger partial charge in [-0.1, -0.05) is 196 Å². The minimum Gasteiger partial charge on any atom is -0.462 e. The number of esters is 4. The van der Waals surface area contributed by atoms with E-state index in [9.17, 15) is 24.0 Å². The number of rotatable bonds is 45. The molecule has 0 heterocycles. The lowest BCUT2D eigenvalue weighted by Crippen LogP contribution is -2.51. The number of nitrogens with one attached hydrogen (secondary N) is 1. The second-order valence-electron chi connectivity index (χ2n) is 17.9. The van der Waals surface area contributed by atoms with Crippen LogP contribution in [0.4, 0.5) is 4.79 Å². The number of hydrogen-bond donors (Lipinski definition) is 1. The van der Waals surface area contributed by atoms with Crippen molar-refractivity contribution < 1.29 is 47.7 Å². The van der Waals surface area contributed by atoms with Crippen LogP contribution in [0.25, 0.3) is 0 Å². The Morgan fingerprint density at radius 2 is 0.701 bits per heavy atom. The summed E-state index contributed by atoms with van der Waals surface area (Å²) in [5.74, 6) is -2.00. The van der Waals surface area contributed by atoms with Gasteiger partial charge in [-0.2, -0.15) is 0 Å². The first-order valence-electron chi connectivity index (χ1n) is 27.2. The van der Waals surface area contributed by atoms with Crippen LogP contribution in [0.5, 0.6) is 0 Å². The van der Waals surface area contributed by atoms with E-state index in [4.69, 9.17) is 23.7 Å². The van der Waals surface area contributed by atoms with E-state index < -0.39 is 61.5 Å². The maximum atomic E-state index is 13.5. The van der Waals surface area contributed by atoms with Gasteiger partial charge in [-0.3, -0.25) is 19.2 Å². The van der Waals surface area contributed by atoms with Crippen LogP contribution < -0.4 is 5.32 Å². The molecule has 0 aliphatic rings. The van der Waals surface area contributed by atoms with Crippen molar-refractivity contribution in [2.45, 2.75) is 272 Å². The number of hydrogen-bond acceptors (Lipinski definition) is 11. The zero-order valence-electron chi connectivity index (χ0n) is 44.8. The van der Waals surface area contributed by atoms with Gasteiger partial charge in [-0.15, -0.1) is 11.6 Å². The van der Waals surface area contributed by atoms with E-state index in [2.05, 4.69) is 44.6 Å². The maximum absolute atomic E-state index is 13.5. The Labute approximate surface area is 416 Å². The number of carbonyl (C=O) groups is 5. The quantitative estimate of drug-likeness (QED) is 0.0269. The Morgan fingerprint density at radius 3 is 1.00 bits per heavy atom. The summed E-state index contributed by atoms with van der Waals surface area (Å²) >= 11 is 4.64. The third-order valence-corrected chi connectivity index (χ3v) is 11.3. The van der Waals surface area contributed by atoms with Gasteiger partial charge in [0, 0.05) is 38.6 Å². The lowest BCUT2D eigenvalue weighted by molar-refractivity contribution is -0.185. The molecule has 0 aliphatic carbocycles. The molecule has 0 bridgehead atoms. The zero-order valence-corrected chi connectivity index (χ0v) is 45.6. The van der Waals surface area contributed by atoms with Crippen LogP contribution in [0.1, 0.15) is 253 Å². The molecule has 2 unspecified atom stereocenters. The first-order chi connectivity index (χ1) is 32.6. The van der Waals surface area contributed by atoms with E-state index in [-0.39, 0.29) is 25.7 Å². The molecule has 2 atom stereocenters. The van der Waals surface area contributed by atoms with E-state index in [0.29, 0.717) is 38.6 Å². The number of ether oxygens (including phenoxy) is 5. The number of amides is 1. The van der Waals surface area contributed by atoms with Gasteiger partial charge in [0.2, 0.25) is 0 Å². The molecular formula is C54H105ClN2O10. The highest BCUT2D eigenvalue weighted by molar-refractivity contribution is 6.15. The molecule has 0 rings (SSSR count). The number of halogens is 1. The van der Waals surface area contributed by atoms with Crippen LogP contribution in [0, 0.1) is 0 Å². The molecule has 0 aliphatic heterocycles. The molecule has 12 nitrogen and oxygen atoms in total. The largest absolute Gasteiger partial charge is 0.462 e. The molecule has 0 saturated carbocycles. The number of nitrogens with zero attached hydrogens (tertiary/aromatic N) is 1. The van der Waals surface area contributed by atoms with Crippen molar-refractivity contribution in [3.63, 3.8) is 0 Å². The van der Waals surface area contributed by atoms with Gasteiger partial charge in [-0.05, 0) is 52.7 Å². The van der Waals surface area contributed by atoms with Gasteiger partial charge < -0.3 is 33.9 Å². The number of unbranched alkanes of at least 4 members (excludes halogenated alkanes) is 24. The fourth-order valence-corrected chi connectivity index (χ4v) is 7.39. The van der Waals surface area contributed by atoms with Crippen LogP contribution in [-0.4, -0.2) is 100.0 Å². The van der Waals surface area contributed by atoms with Crippen molar-refractivity contribution in [3.05, 3.63) is 0 Å². The van der Waals surface area contributed by atoms with E-state index in [1.54, 1.807) is 0 Å². The minimum absolute atomic E-state index is 0.121. The fourth-order valence-electron chi connectivity index (χ4n) is 7.39. The molecule has 1 N–H and O–H groups in total. The van der Waals surface area contributed by atoms with E-state index in [1.807, 2.05) is 32.8 Å². The Morgan fingerprint density at radius 1 is 0.418 bits per heavy atom. The van der Waals surface area contributed by atoms with Crippen molar-refractivity contribution >= 4 is 41.6 Å². The van der Waals surface area contributed by atoms with Crippen LogP contribution >= 0.6 is 11.6 Å². The van der Waals surface area contributed by atoms with E-state index >= 15 is 0 Å². The van der Waals surface area contributed by atoms with Crippen molar-refractivity contribution in [2.75, 3.05) is 46.8 Å². The standard InChI is InChI=1S/C51H96N2O10.C2H6.CH3Cl/c1-7-11-15-19-23-27-31-36-46(54)59-42-44(61-48(56)38-33-29-25-21-17-13-9-3)50(63-51(58)52-40-35-41-53(5)6)45(62-49(57)39-34-30-26-22-18-14-10-4)43-60-47(55)37-32-28-24-20-16-12-8-2;2*1-2/h44-45,50H,7-43H2,1-6H3,(H,52,58);1-2H3;1H3. The molecule has 0 spiro atoms. The third kappa shape index (κ3) is 48.2. The molecule has 13 heteroatoms. The molecular weight excluding hydrogens is 872 g/mol. The summed E-state index contributed by atoms with van der Waals surface area (Å²) < 4.78 is 29.5. The second kappa shape index (κ2) is 54.3. The van der Waals surface area contributed by atoms with Gasteiger partial charge in [0.1, 0.15) is 13.2 Å². The van der Waals surface area contributed by atoms with Crippen LogP contribution in [-0.2, 0) is 42.9 Å². The van der Waals surface area contributed by atoms with Crippen LogP contribution in [0.2, 0.25) is 0 Å². The highest BCUT2D eigenvalue weighted by Crippen LogP contribution is 2.20. The smallest absolute Gasteiger partial charge is 0.407 e. The Kier molecular flexibility index (Phi) is 55.7. The summed E-state index contributed by atoms with van der Waals surface area (Å²) in [5.41, 5.74) is 0. The average Bonchev–Trinajstić information content (AvgIpc) is 3.32. The Bertz CT molecular complexity index is 1060. The van der Waals surface area contributed by atoms with E-state index in [1.165, 1.54) is 57.7 Å². The lowest BCUT2D eigenvalue weighted by atomic mass is 10.1. The lowest BCUT2D eigenvalue weighted by Gasteiger charge is -2.32. The van der Waals surface area contributed by atoms with Crippen molar-refractivity contribution in [1.29, 1.82) is 0 Å². The first-order valence-corrected chi connectivity index (χ1v) is 28.0. The van der Waals surface area contributed by atoms with Gasteiger partial charge in [0.25, 0.3) is 0 Å². The normalized spacial score (nSPS) is 12.1. The summed E-state index contributed by atoms with van der Waals surface area (Å²) in [6, 6.07) is 0. The Hall–Kier alpha value is -2.60. The first kappa shape index (κ1) is 68.7. The third-order valence-electron chi connectivity index (χ3n) is 11.3. The molecule has 0 aromatic carbocycles. The monoisotopic (exact) mass is 977 g/mol. The molecule has 0 fully saturated rings. The van der Waals surface area contributed by atoms with Gasteiger partial charge in [0.05, 0.1) is 0 Å². The fraction of sp³-hybridized carbons (Fsp3) is 0.907. The summed E-state index contributed by atoms with van der Waals surface area (Å²) in [6.45, 7) is 12.9. The highest BCUT2D eigenvalue weighted by Gasteiger charge is 2.40. The summed E-state index contributed by atoms with van der Waals surface area (Å²) in [7, 11) is 3.88. The molecule has 67 heavy (non-hydrogen) atoms. The molecule has 0 radical (unpaired) electrons.